The molecule has 1 atom stereocenters. The number of hydrogen-bond donors (Lipinski definition) is 2. The molecule has 1 aromatic carbocycles. The van der Waals surface area contributed by atoms with E-state index in [2.05, 4.69) is 15.6 Å². The molecule has 1 fully saturated rings. The maximum atomic E-state index is 12.4. The first-order valence-corrected chi connectivity index (χ1v) is 10.3. The molecule has 2 heterocycles. The van der Waals surface area contributed by atoms with Gasteiger partial charge in [-0.25, -0.2) is 4.98 Å². The van der Waals surface area contributed by atoms with Crippen molar-refractivity contribution in [3.05, 3.63) is 45.9 Å². The molecular weight excluding hydrogens is 376 g/mol. The number of amides is 2. The number of aromatic nitrogens is 1. The molecule has 2 N–H and O–H groups in total. The van der Waals surface area contributed by atoms with Gasteiger partial charge in [-0.1, -0.05) is 18.2 Å². The second-order valence-electron chi connectivity index (χ2n) is 6.68. The number of ether oxygens (including phenoxy) is 1. The number of nitrogens with one attached hydrogen (secondary N) is 2. The minimum absolute atomic E-state index is 0.111. The van der Waals surface area contributed by atoms with Gasteiger partial charge in [0.25, 0.3) is 0 Å². The number of para-hydroxylation sites is 1. The SMILES string of the molecule is CCOc1ccccc1CN1CCNC(=O)[C@H]1CC(=O)NCc1nc(C)cs1. The number of nitrogens with zero attached hydrogens (tertiary/aromatic N) is 2. The fourth-order valence-electron chi connectivity index (χ4n) is 3.23. The van der Waals surface area contributed by atoms with E-state index in [9.17, 15) is 9.59 Å². The van der Waals surface area contributed by atoms with Crippen molar-refractivity contribution in [3.63, 3.8) is 0 Å². The predicted octanol–water partition coefficient (Wildman–Crippen LogP) is 1.86. The van der Waals surface area contributed by atoms with Crippen LogP contribution < -0.4 is 15.4 Å². The summed E-state index contributed by atoms with van der Waals surface area (Å²) in [6.45, 7) is 6.67. The molecule has 0 spiro atoms. The van der Waals surface area contributed by atoms with E-state index in [0.717, 1.165) is 22.0 Å². The average molecular weight is 403 g/mol. The Bertz CT molecular complexity index is 823. The van der Waals surface area contributed by atoms with E-state index in [1.165, 1.54) is 11.3 Å². The smallest absolute Gasteiger partial charge is 0.237 e. The molecule has 150 valence electrons. The zero-order valence-electron chi connectivity index (χ0n) is 16.2. The van der Waals surface area contributed by atoms with Crippen molar-refractivity contribution in [2.45, 2.75) is 39.4 Å². The highest BCUT2D eigenvalue weighted by molar-refractivity contribution is 7.09. The third kappa shape index (κ3) is 5.30. The Morgan fingerprint density at radius 2 is 2.25 bits per heavy atom. The summed E-state index contributed by atoms with van der Waals surface area (Å²) in [4.78, 5) is 31.3. The second-order valence-corrected chi connectivity index (χ2v) is 7.62. The Kier molecular flexibility index (Phi) is 7.00. The first-order valence-electron chi connectivity index (χ1n) is 9.47. The highest BCUT2D eigenvalue weighted by Crippen LogP contribution is 2.22. The Hall–Kier alpha value is -2.45. The number of hydrogen-bond acceptors (Lipinski definition) is 6. The Morgan fingerprint density at radius 3 is 3.00 bits per heavy atom. The number of aryl methyl sites for hydroxylation is 1. The van der Waals surface area contributed by atoms with Crippen molar-refractivity contribution in [2.75, 3.05) is 19.7 Å². The summed E-state index contributed by atoms with van der Waals surface area (Å²) < 4.78 is 5.70. The van der Waals surface area contributed by atoms with E-state index in [-0.39, 0.29) is 18.2 Å². The highest BCUT2D eigenvalue weighted by Gasteiger charge is 2.32. The largest absolute Gasteiger partial charge is 0.494 e. The van der Waals surface area contributed by atoms with Crippen LogP contribution in [0.4, 0.5) is 0 Å². The van der Waals surface area contributed by atoms with Crippen molar-refractivity contribution in [1.82, 2.24) is 20.5 Å². The number of carbonyl (C=O) groups is 2. The molecule has 1 aromatic heterocycles. The zero-order valence-corrected chi connectivity index (χ0v) is 17.1. The molecule has 1 saturated heterocycles. The average Bonchev–Trinajstić information content (AvgIpc) is 3.10. The highest BCUT2D eigenvalue weighted by atomic mass is 32.1. The van der Waals surface area contributed by atoms with Crippen molar-refractivity contribution >= 4 is 23.2 Å². The van der Waals surface area contributed by atoms with Gasteiger partial charge in [0.2, 0.25) is 11.8 Å². The Morgan fingerprint density at radius 1 is 1.43 bits per heavy atom. The van der Waals surface area contributed by atoms with E-state index in [1.807, 2.05) is 48.4 Å². The molecule has 1 aliphatic heterocycles. The van der Waals surface area contributed by atoms with Gasteiger partial charge in [-0.3, -0.25) is 14.5 Å². The van der Waals surface area contributed by atoms with Crippen LogP contribution in [0, 0.1) is 6.92 Å². The molecule has 28 heavy (non-hydrogen) atoms. The number of piperazine rings is 1. The molecule has 0 aliphatic carbocycles. The minimum Gasteiger partial charge on any atom is -0.494 e. The summed E-state index contributed by atoms with van der Waals surface area (Å²) in [6, 6.07) is 7.32. The lowest BCUT2D eigenvalue weighted by atomic mass is 10.1. The predicted molar refractivity (Wildman–Crippen MR) is 108 cm³/mol. The van der Waals surface area contributed by atoms with Crippen LogP contribution in [0.15, 0.2) is 29.6 Å². The fraction of sp³-hybridized carbons (Fsp3) is 0.450. The molecule has 0 bridgehead atoms. The summed E-state index contributed by atoms with van der Waals surface area (Å²) in [5.74, 6) is 0.553. The lowest BCUT2D eigenvalue weighted by Gasteiger charge is -2.35. The summed E-state index contributed by atoms with van der Waals surface area (Å²) in [6.07, 6.45) is 0.118. The first kappa shape index (κ1) is 20.3. The van der Waals surface area contributed by atoms with Gasteiger partial charge < -0.3 is 15.4 Å². The normalized spacial score (nSPS) is 17.2. The van der Waals surface area contributed by atoms with Gasteiger partial charge in [-0.2, -0.15) is 0 Å². The minimum atomic E-state index is -0.499. The third-order valence-corrected chi connectivity index (χ3v) is 5.54. The van der Waals surface area contributed by atoms with Gasteiger partial charge in [0.15, 0.2) is 0 Å². The topological polar surface area (TPSA) is 83.6 Å². The van der Waals surface area contributed by atoms with Gasteiger partial charge in [0.1, 0.15) is 10.8 Å². The van der Waals surface area contributed by atoms with E-state index in [4.69, 9.17) is 4.74 Å². The van der Waals surface area contributed by atoms with Crippen LogP contribution in [0.25, 0.3) is 0 Å². The van der Waals surface area contributed by atoms with Crippen LogP contribution in [0.1, 0.15) is 29.6 Å². The van der Waals surface area contributed by atoms with Crippen LogP contribution in [-0.2, 0) is 22.7 Å². The van der Waals surface area contributed by atoms with Crippen molar-refractivity contribution < 1.29 is 14.3 Å². The van der Waals surface area contributed by atoms with Gasteiger partial charge >= 0.3 is 0 Å². The van der Waals surface area contributed by atoms with Crippen LogP contribution in [0.3, 0.4) is 0 Å². The van der Waals surface area contributed by atoms with E-state index < -0.39 is 6.04 Å². The lowest BCUT2D eigenvalue weighted by Crippen LogP contribution is -2.56. The molecular formula is C20H26N4O3S. The maximum absolute atomic E-state index is 12.4. The van der Waals surface area contributed by atoms with E-state index in [1.54, 1.807) is 0 Å². The van der Waals surface area contributed by atoms with Gasteiger partial charge in [0.05, 0.1) is 25.6 Å². The fourth-order valence-corrected chi connectivity index (χ4v) is 3.94. The number of rotatable bonds is 8. The van der Waals surface area contributed by atoms with Gasteiger partial charge in [-0.05, 0) is 19.9 Å². The first-order chi connectivity index (χ1) is 13.6. The summed E-state index contributed by atoms with van der Waals surface area (Å²) in [5.41, 5.74) is 1.96. The maximum Gasteiger partial charge on any atom is 0.237 e. The molecule has 2 aromatic rings. The number of carbonyl (C=O) groups excluding carboxylic acids is 2. The van der Waals surface area contributed by atoms with Crippen molar-refractivity contribution in [1.29, 1.82) is 0 Å². The van der Waals surface area contributed by atoms with Crippen molar-refractivity contribution in [3.8, 4) is 5.75 Å². The molecule has 0 saturated carbocycles. The molecule has 3 rings (SSSR count). The monoisotopic (exact) mass is 402 g/mol. The number of benzene rings is 1. The Balaban J connectivity index is 1.63. The van der Waals surface area contributed by atoms with Crippen molar-refractivity contribution in [2.24, 2.45) is 0 Å². The molecule has 1 aliphatic rings. The molecule has 7 nitrogen and oxygen atoms in total. The second kappa shape index (κ2) is 9.66. The summed E-state index contributed by atoms with van der Waals surface area (Å²) in [5, 5.41) is 8.56. The molecule has 8 heteroatoms. The van der Waals surface area contributed by atoms with E-state index >= 15 is 0 Å². The molecule has 0 unspecified atom stereocenters. The lowest BCUT2D eigenvalue weighted by molar-refractivity contribution is -0.134. The Labute approximate surface area is 169 Å². The number of thiazole rings is 1. The molecule has 2 amide bonds. The van der Waals surface area contributed by atoms with Crippen LogP contribution in [0.5, 0.6) is 5.75 Å². The quantitative estimate of drug-likeness (QED) is 0.704. The van der Waals surface area contributed by atoms with Crippen LogP contribution in [0.2, 0.25) is 0 Å². The standard InChI is InChI=1S/C20H26N4O3S/c1-3-27-17-7-5-4-6-15(17)12-24-9-8-21-20(26)16(24)10-18(25)22-11-19-23-14(2)13-28-19/h4-7,13,16H,3,8-12H2,1-2H3,(H,21,26)(H,22,25)/t16-/m1/s1. The van der Waals surface area contributed by atoms with E-state index in [0.29, 0.717) is 32.8 Å². The summed E-state index contributed by atoms with van der Waals surface area (Å²) in [7, 11) is 0. The third-order valence-electron chi connectivity index (χ3n) is 4.57. The van der Waals surface area contributed by atoms with Gasteiger partial charge in [-0.15, -0.1) is 11.3 Å². The molecule has 0 radical (unpaired) electrons. The van der Waals surface area contributed by atoms with Crippen LogP contribution >= 0.6 is 11.3 Å². The van der Waals surface area contributed by atoms with Gasteiger partial charge in [0, 0.05) is 36.3 Å². The van der Waals surface area contributed by atoms with Crippen LogP contribution in [-0.4, -0.2) is 47.4 Å². The summed E-state index contributed by atoms with van der Waals surface area (Å²) >= 11 is 1.52. The zero-order chi connectivity index (χ0) is 19.9.